The molecule has 2 heterocycles. The van der Waals surface area contributed by atoms with Gasteiger partial charge in [0, 0.05) is 11.5 Å². The zero-order valence-corrected chi connectivity index (χ0v) is 22.6. The number of aryl methyl sites for hydroxylation is 1. The Morgan fingerprint density at radius 2 is 1.59 bits per heavy atom. The van der Waals surface area contributed by atoms with E-state index in [-0.39, 0.29) is 16.7 Å². The van der Waals surface area contributed by atoms with Crippen LogP contribution in [0.3, 0.4) is 0 Å². The zero-order chi connectivity index (χ0) is 26.3. The van der Waals surface area contributed by atoms with Gasteiger partial charge in [-0.3, -0.25) is 14.5 Å². The molecule has 1 atom stereocenters. The highest BCUT2D eigenvalue weighted by atomic mass is 32.1. The smallest absolute Gasteiger partial charge is 0.301 e. The molecule has 1 amide bonds. The van der Waals surface area contributed by atoms with Gasteiger partial charge in [-0.25, -0.2) is 0 Å². The van der Waals surface area contributed by atoms with Gasteiger partial charge in [-0.1, -0.05) is 105 Å². The molecule has 1 saturated heterocycles. The molecule has 2 aromatic carbocycles. The molecule has 1 unspecified atom stereocenters. The zero-order valence-electron chi connectivity index (χ0n) is 21.8. The Bertz CT molecular complexity index is 1340. The topological polar surface area (TPSA) is 83.4 Å². The fourth-order valence-corrected chi connectivity index (χ4v) is 6.26. The molecule has 0 spiro atoms. The van der Waals surface area contributed by atoms with Crippen LogP contribution in [0.15, 0.2) is 54.1 Å². The first-order chi connectivity index (χ1) is 17.6. The summed E-state index contributed by atoms with van der Waals surface area (Å²) in [7, 11) is 0. The number of ketones is 1. The van der Waals surface area contributed by atoms with Crippen molar-refractivity contribution in [2.24, 2.45) is 0 Å². The van der Waals surface area contributed by atoms with Gasteiger partial charge in [-0.05, 0) is 36.3 Å². The molecule has 1 aromatic heterocycles. The van der Waals surface area contributed by atoms with E-state index >= 15 is 0 Å². The number of carbonyl (C=O) groups is 2. The third kappa shape index (κ3) is 4.85. The van der Waals surface area contributed by atoms with E-state index < -0.39 is 17.7 Å². The monoisotopic (exact) mass is 515 g/mol. The first kappa shape index (κ1) is 25.3. The van der Waals surface area contributed by atoms with Crippen molar-refractivity contribution in [1.82, 2.24) is 10.2 Å². The molecule has 1 aliphatic carbocycles. The third-order valence-electron chi connectivity index (χ3n) is 7.45. The molecule has 0 radical (unpaired) electrons. The van der Waals surface area contributed by atoms with Crippen molar-refractivity contribution in [3.63, 3.8) is 0 Å². The van der Waals surface area contributed by atoms with Crippen molar-refractivity contribution in [1.29, 1.82) is 0 Å². The number of amides is 1. The minimum Gasteiger partial charge on any atom is -0.507 e. The second kappa shape index (κ2) is 9.86. The first-order valence-corrected chi connectivity index (χ1v) is 13.8. The van der Waals surface area contributed by atoms with E-state index in [1.54, 1.807) is 12.1 Å². The molecule has 2 aliphatic rings. The number of hydrogen-bond acceptors (Lipinski definition) is 6. The van der Waals surface area contributed by atoms with Gasteiger partial charge in [0.2, 0.25) is 5.13 Å². The number of aliphatic hydroxyl groups excluding tert-OH is 1. The molecular weight excluding hydrogens is 482 g/mol. The van der Waals surface area contributed by atoms with Crippen molar-refractivity contribution in [2.75, 3.05) is 4.90 Å². The van der Waals surface area contributed by atoms with Crippen LogP contribution >= 0.6 is 11.3 Å². The predicted molar refractivity (Wildman–Crippen MR) is 147 cm³/mol. The molecule has 1 saturated carbocycles. The van der Waals surface area contributed by atoms with Gasteiger partial charge in [-0.2, -0.15) is 0 Å². The van der Waals surface area contributed by atoms with Gasteiger partial charge in [0.05, 0.1) is 11.6 Å². The number of carbonyl (C=O) groups excluding carboxylic acids is 2. The number of benzene rings is 2. The molecule has 0 bridgehead atoms. The quantitative estimate of drug-likeness (QED) is 0.234. The Labute approximate surface area is 222 Å². The highest BCUT2D eigenvalue weighted by Gasteiger charge is 2.48. The number of anilines is 1. The summed E-state index contributed by atoms with van der Waals surface area (Å²) >= 11 is 1.39. The number of rotatable bonds is 4. The van der Waals surface area contributed by atoms with Crippen molar-refractivity contribution in [3.05, 3.63) is 81.4 Å². The van der Waals surface area contributed by atoms with Crippen molar-refractivity contribution in [3.8, 4) is 0 Å². The molecule has 5 rings (SSSR count). The SMILES string of the molecule is Cc1ccc(C(O)=C2C(=O)C(=O)N(c3nnc(C4CCCCC4)s3)C2c2ccc(C(C)(C)C)cc2)cc1. The summed E-state index contributed by atoms with van der Waals surface area (Å²) in [5.41, 5.74) is 3.45. The van der Waals surface area contributed by atoms with Crippen molar-refractivity contribution < 1.29 is 14.7 Å². The second-order valence-corrected chi connectivity index (χ2v) is 12.2. The van der Waals surface area contributed by atoms with Crippen LogP contribution in [0.4, 0.5) is 5.13 Å². The summed E-state index contributed by atoms with van der Waals surface area (Å²) in [6.45, 7) is 8.37. The standard InChI is InChI=1S/C30H33N3O3S/c1-18-10-12-20(13-11-18)25(34)23-24(19-14-16-22(17-15-19)30(2,3)4)33(28(36)26(23)35)29-32-31-27(37-29)21-8-6-5-7-9-21/h10-17,21,24,34H,5-9H2,1-4H3. The summed E-state index contributed by atoms with van der Waals surface area (Å²) in [5, 5.41) is 21.5. The van der Waals surface area contributed by atoms with E-state index in [2.05, 4.69) is 31.0 Å². The molecule has 6 nitrogen and oxygen atoms in total. The second-order valence-electron chi connectivity index (χ2n) is 11.2. The van der Waals surface area contributed by atoms with Crippen molar-refractivity contribution >= 4 is 33.9 Å². The van der Waals surface area contributed by atoms with E-state index in [0.29, 0.717) is 16.6 Å². The van der Waals surface area contributed by atoms with Crippen LogP contribution in [0.5, 0.6) is 0 Å². The summed E-state index contributed by atoms with van der Waals surface area (Å²) in [5.74, 6) is -1.24. The van der Waals surface area contributed by atoms with Gasteiger partial charge in [-0.15, -0.1) is 10.2 Å². The molecule has 37 heavy (non-hydrogen) atoms. The van der Waals surface area contributed by atoms with Crippen LogP contribution in [0.1, 0.15) is 92.1 Å². The van der Waals surface area contributed by atoms with Crippen LogP contribution in [0.2, 0.25) is 0 Å². The van der Waals surface area contributed by atoms with Crippen LogP contribution in [0.25, 0.3) is 5.76 Å². The molecule has 2 fully saturated rings. The van der Waals surface area contributed by atoms with Crippen LogP contribution < -0.4 is 4.90 Å². The highest BCUT2D eigenvalue weighted by Crippen LogP contribution is 2.45. The fraction of sp³-hybridized carbons (Fsp3) is 0.400. The minimum absolute atomic E-state index is 0.0453. The summed E-state index contributed by atoms with van der Waals surface area (Å²) < 4.78 is 0. The maximum Gasteiger partial charge on any atom is 0.301 e. The Morgan fingerprint density at radius 1 is 0.946 bits per heavy atom. The van der Waals surface area contributed by atoms with E-state index in [9.17, 15) is 14.7 Å². The molecular formula is C30H33N3O3S. The fourth-order valence-electron chi connectivity index (χ4n) is 5.22. The largest absolute Gasteiger partial charge is 0.507 e. The third-order valence-corrected chi connectivity index (χ3v) is 8.54. The number of hydrogen-bond donors (Lipinski definition) is 1. The molecule has 7 heteroatoms. The number of aromatic nitrogens is 2. The average molecular weight is 516 g/mol. The Hall–Kier alpha value is -3.32. The van der Waals surface area contributed by atoms with E-state index in [4.69, 9.17) is 0 Å². The molecule has 1 aliphatic heterocycles. The molecule has 3 aromatic rings. The van der Waals surface area contributed by atoms with Crippen LogP contribution in [-0.4, -0.2) is 27.0 Å². The summed E-state index contributed by atoms with van der Waals surface area (Å²) in [6, 6.07) is 14.4. The van der Waals surface area contributed by atoms with Crippen LogP contribution in [-0.2, 0) is 15.0 Å². The number of nitrogens with zero attached hydrogens (tertiary/aromatic N) is 3. The number of Topliss-reactive ketones (excluding diaryl/α,β-unsaturated/α-hetero) is 1. The van der Waals surface area contributed by atoms with E-state index in [1.807, 2.05) is 43.3 Å². The Kier molecular flexibility index (Phi) is 6.75. The lowest BCUT2D eigenvalue weighted by Crippen LogP contribution is -2.29. The Balaban J connectivity index is 1.62. The lowest BCUT2D eigenvalue weighted by molar-refractivity contribution is -0.132. The number of aliphatic hydroxyl groups is 1. The summed E-state index contributed by atoms with van der Waals surface area (Å²) in [4.78, 5) is 28.3. The normalized spacial score (nSPS) is 20.5. The summed E-state index contributed by atoms with van der Waals surface area (Å²) in [6.07, 6.45) is 5.71. The minimum atomic E-state index is -0.789. The molecule has 192 valence electrons. The van der Waals surface area contributed by atoms with Gasteiger partial charge in [0.1, 0.15) is 10.8 Å². The van der Waals surface area contributed by atoms with Gasteiger partial charge in [0.25, 0.3) is 5.78 Å². The molecule has 1 N–H and O–H groups in total. The lowest BCUT2D eigenvalue weighted by atomic mass is 9.85. The van der Waals surface area contributed by atoms with Gasteiger partial charge < -0.3 is 5.11 Å². The maximum atomic E-state index is 13.5. The van der Waals surface area contributed by atoms with Crippen LogP contribution in [0, 0.1) is 6.92 Å². The van der Waals surface area contributed by atoms with E-state index in [0.717, 1.165) is 34.5 Å². The predicted octanol–water partition coefficient (Wildman–Crippen LogP) is 6.82. The highest BCUT2D eigenvalue weighted by molar-refractivity contribution is 7.15. The first-order valence-electron chi connectivity index (χ1n) is 13.0. The van der Waals surface area contributed by atoms with Crippen molar-refractivity contribution in [2.45, 2.75) is 77.2 Å². The lowest BCUT2D eigenvalue weighted by Gasteiger charge is -2.24. The maximum absolute atomic E-state index is 13.5. The van der Waals surface area contributed by atoms with Gasteiger partial charge in [0.15, 0.2) is 0 Å². The van der Waals surface area contributed by atoms with Gasteiger partial charge >= 0.3 is 5.91 Å². The average Bonchev–Trinajstić information content (AvgIpc) is 3.47. The van der Waals surface area contributed by atoms with E-state index in [1.165, 1.54) is 35.5 Å². The Morgan fingerprint density at radius 3 is 2.22 bits per heavy atom.